The first-order valence-electron chi connectivity index (χ1n) is 8.24. The Balaban J connectivity index is 0.00000208. The molecule has 1 aromatic carbocycles. The van der Waals surface area contributed by atoms with E-state index in [0.29, 0.717) is 18.9 Å². The van der Waals surface area contributed by atoms with E-state index in [4.69, 9.17) is 5.73 Å². The molecule has 3 rings (SSSR count). The molecule has 0 bridgehead atoms. The van der Waals surface area contributed by atoms with Crippen LogP contribution >= 0.6 is 23.7 Å². The van der Waals surface area contributed by atoms with Crippen LogP contribution in [-0.4, -0.2) is 23.5 Å². The first kappa shape index (κ1) is 18.9. The number of benzene rings is 1. The monoisotopic (exact) mass is 365 g/mol. The summed E-state index contributed by atoms with van der Waals surface area (Å²) in [6.45, 7) is 0.638. The van der Waals surface area contributed by atoms with Crippen LogP contribution < -0.4 is 11.1 Å². The van der Waals surface area contributed by atoms with E-state index in [1.165, 1.54) is 0 Å². The highest BCUT2D eigenvalue weighted by molar-refractivity contribution is 7.13. The average Bonchev–Trinajstić information content (AvgIpc) is 3.18. The van der Waals surface area contributed by atoms with Crippen LogP contribution in [0.5, 0.6) is 0 Å². The molecule has 3 N–H and O–H groups in total. The molecule has 1 aromatic heterocycles. The molecule has 4 nitrogen and oxygen atoms in total. The second-order valence-corrected chi connectivity index (χ2v) is 7.03. The molecule has 24 heavy (non-hydrogen) atoms. The van der Waals surface area contributed by atoms with Crippen LogP contribution in [0.2, 0.25) is 0 Å². The van der Waals surface area contributed by atoms with Gasteiger partial charge in [-0.15, -0.1) is 23.7 Å². The first-order chi connectivity index (χ1) is 11.2. The third-order valence-corrected chi connectivity index (χ3v) is 5.38. The molecule has 1 fully saturated rings. The van der Waals surface area contributed by atoms with Crippen molar-refractivity contribution < 1.29 is 4.79 Å². The molecule has 0 radical (unpaired) electrons. The number of hydrogen-bond acceptors (Lipinski definition) is 4. The Morgan fingerprint density at radius 3 is 2.79 bits per heavy atom. The molecular formula is C18H24ClN3OS. The van der Waals surface area contributed by atoms with Gasteiger partial charge in [0.25, 0.3) is 0 Å². The van der Waals surface area contributed by atoms with Crippen LogP contribution in [0, 0.1) is 5.92 Å². The van der Waals surface area contributed by atoms with Gasteiger partial charge in [0.2, 0.25) is 5.91 Å². The molecule has 0 aliphatic heterocycles. The van der Waals surface area contributed by atoms with E-state index in [9.17, 15) is 4.79 Å². The highest BCUT2D eigenvalue weighted by Gasteiger charge is 2.25. The molecule has 6 heteroatoms. The molecule has 1 aliphatic rings. The third kappa shape index (κ3) is 5.03. The molecule has 1 saturated carbocycles. The molecule has 1 amide bonds. The number of nitrogens with two attached hydrogens (primary N) is 1. The number of carbonyl (C=O) groups is 1. The van der Waals surface area contributed by atoms with E-state index in [1.54, 1.807) is 11.3 Å². The van der Waals surface area contributed by atoms with Crippen molar-refractivity contribution in [1.82, 2.24) is 10.3 Å². The van der Waals surface area contributed by atoms with Crippen LogP contribution in [0.4, 0.5) is 0 Å². The minimum Gasteiger partial charge on any atom is -0.356 e. The Morgan fingerprint density at radius 1 is 1.29 bits per heavy atom. The smallest absolute Gasteiger partial charge is 0.220 e. The van der Waals surface area contributed by atoms with Crippen LogP contribution in [0.1, 0.15) is 31.4 Å². The molecule has 0 spiro atoms. The Bertz CT molecular complexity index is 647. The Kier molecular flexibility index (Phi) is 7.21. The van der Waals surface area contributed by atoms with Crippen molar-refractivity contribution in [2.24, 2.45) is 11.7 Å². The summed E-state index contributed by atoms with van der Waals surface area (Å²) in [6, 6.07) is 10.4. The van der Waals surface area contributed by atoms with Crippen molar-refractivity contribution in [2.75, 3.05) is 6.54 Å². The van der Waals surface area contributed by atoms with E-state index in [1.807, 2.05) is 18.2 Å². The van der Waals surface area contributed by atoms with Gasteiger partial charge in [-0.05, 0) is 18.8 Å². The molecule has 1 heterocycles. The lowest BCUT2D eigenvalue weighted by Gasteiger charge is -2.14. The van der Waals surface area contributed by atoms with Gasteiger partial charge in [-0.3, -0.25) is 4.79 Å². The number of thiazole rings is 1. The van der Waals surface area contributed by atoms with Crippen molar-refractivity contribution in [2.45, 2.75) is 38.1 Å². The zero-order valence-electron chi connectivity index (χ0n) is 13.6. The van der Waals surface area contributed by atoms with Crippen molar-refractivity contribution in [3.63, 3.8) is 0 Å². The van der Waals surface area contributed by atoms with Gasteiger partial charge in [-0.1, -0.05) is 36.8 Å². The standard InChI is InChI=1S/C18H23N3OS.ClH/c19-16-8-4-7-14(16)11-17(22)20-10-9-15-12-23-18(21-15)13-5-2-1-3-6-13;/h1-3,5-6,12,14,16H,4,7-11,19H2,(H,20,22);1H/t14-,16+;/m0./s1. The summed E-state index contributed by atoms with van der Waals surface area (Å²) >= 11 is 1.65. The molecule has 0 saturated heterocycles. The third-order valence-electron chi connectivity index (χ3n) is 4.44. The van der Waals surface area contributed by atoms with Crippen LogP contribution in [0.25, 0.3) is 10.6 Å². The summed E-state index contributed by atoms with van der Waals surface area (Å²) < 4.78 is 0. The SMILES string of the molecule is Cl.N[C@@H]1CCC[C@H]1CC(=O)NCCc1csc(-c2ccccc2)n1. The lowest BCUT2D eigenvalue weighted by atomic mass is 10.00. The fourth-order valence-corrected chi connectivity index (χ4v) is 3.95. The lowest BCUT2D eigenvalue weighted by molar-refractivity contribution is -0.122. The average molecular weight is 366 g/mol. The predicted molar refractivity (Wildman–Crippen MR) is 101 cm³/mol. The highest BCUT2D eigenvalue weighted by Crippen LogP contribution is 2.26. The number of nitrogens with one attached hydrogen (secondary N) is 1. The maximum atomic E-state index is 12.0. The van der Waals surface area contributed by atoms with E-state index in [0.717, 1.165) is 41.9 Å². The molecule has 2 aromatic rings. The van der Waals surface area contributed by atoms with Crippen molar-refractivity contribution >= 4 is 29.7 Å². The topological polar surface area (TPSA) is 68.0 Å². The van der Waals surface area contributed by atoms with Crippen molar-refractivity contribution in [1.29, 1.82) is 0 Å². The summed E-state index contributed by atoms with van der Waals surface area (Å²) in [4.78, 5) is 16.6. The Hall–Kier alpha value is -1.43. The summed E-state index contributed by atoms with van der Waals surface area (Å²) in [5.74, 6) is 0.477. The maximum Gasteiger partial charge on any atom is 0.220 e. The van der Waals surface area contributed by atoms with Gasteiger partial charge in [-0.2, -0.15) is 0 Å². The number of aromatic nitrogens is 1. The molecular weight excluding hydrogens is 342 g/mol. The number of amides is 1. The quantitative estimate of drug-likeness (QED) is 0.824. The fraction of sp³-hybridized carbons (Fsp3) is 0.444. The maximum absolute atomic E-state index is 12.0. The lowest BCUT2D eigenvalue weighted by Crippen LogP contribution is -2.32. The Labute approximate surface area is 153 Å². The van der Waals surface area contributed by atoms with E-state index in [-0.39, 0.29) is 24.4 Å². The first-order valence-corrected chi connectivity index (χ1v) is 9.12. The molecule has 0 unspecified atom stereocenters. The summed E-state index contributed by atoms with van der Waals surface area (Å²) in [6.07, 6.45) is 4.62. The number of halogens is 1. The minimum absolute atomic E-state index is 0. The summed E-state index contributed by atoms with van der Waals surface area (Å²) in [5, 5.41) is 6.10. The minimum atomic E-state index is 0. The number of hydrogen-bond donors (Lipinski definition) is 2. The summed E-state index contributed by atoms with van der Waals surface area (Å²) in [5.41, 5.74) is 8.19. The van der Waals surface area contributed by atoms with Crippen LogP contribution in [0.15, 0.2) is 35.7 Å². The van der Waals surface area contributed by atoms with E-state index >= 15 is 0 Å². The number of nitrogens with zero attached hydrogens (tertiary/aromatic N) is 1. The van der Waals surface area contributed by atoms with Crippen LogP contribution in [-0.2, 0) is 11.2 Å². The second-order valence-electron chi connectivity index (χ2n) is 6.17. The zero-order chi connectivity index (χ0) is 16.1. The summed E-state index contributed by atoms with van der Waals surface area (Å²) in [7, 11) is 0. The van der Waals surface area contributed by atoms with Gasteiger partial charge in [0, 0.05) is 36.4 Å². The second kappa shape index (κ2) is 9.16. The predicted octanol–water partition coefficient (Wildman–Crippen LogP) is 3.41. The van der Waals surface area contributed by atoms with Gasteiger partial charge < -0.3 is 11.1 Å². The molecule has 130 valence electrons. The van der Waals surface area contributed by atoms with Gasteiger partial charge in [0.15, 0.2) is 0 Å². The van der Waals surface area contributed by atoms with Gasteiger partial charge in [0.05, 0.1) is 5.69 Å². The fourth-order valence-electron chi connectivity index (χ4n) is 3.09. The van der Waals surface area contributed by atoms with Crippen LogP contribution in [0.3, 0.4) is 0 Å². The van der Waals surface area contributed by atoms with Crippen molar-refractivity contribution in [3.05, 3.63) is 41.4 Å². The van der Waals surface area contributed by atoms with E-state index in [2.05, 4.69) is 27.8 Å². The number of rotatable bonds is 6. The number of carbonyl (C=O) groups excluding carboxylic acids is 1. The van der Waals surface area contributed by atoms with E-state index < -0.39 is 0 Å². The van der Waals surface area contributed by atoms with Gasteiger partial charge >= 0.3 is 0 Å². The highest BCUT2D eigenvalue weighted by atomic mass is 35.5. The Morgan fingerprint density at radius 2 is 2.08 bits per heavy atom. The van der Waals surface area contributed by atoms with Gasteiger partial charge in [-0.25, -0.2) is 4.98 Å². The molecule has 1 aliphatic carbocycles. The molecule has 2 atom stereocenters. The van der Waals surface area contributed by atoms with Crippen molar-refractivity contribution in [3.8, 4) is 10.6 Å². The zero-order valence-corrected chi connectivity index (χ0v) is 15.2. The largest absolute Gasteiger partial charge is 0.356 e. The van der Waals surface area contributed by atoms with Gasteiger partial charge in [0.1, 0.15) is 5.01 Å². The normalized spacial score (nSPS) is 19.7.